The van der Waals surface area contributed by atoms with Crippen LogP contribution in [0.2, 0.25) is 0 Å². The SMILES string of the molecule is O=C(Nc1nc(-c2ccco2)c(-c2ccccc2)s1)C1(O)CC1. The Labute approximate surface area is 136 Å². The summed E-state index contributed by atoms with van der Waals surface area (Å²) in [6.07, 6.45) is 2.59. The first-order valence-electron chi connectivity index (χ1n) is 7.30. The van der Waals surface area contributed by atoms with E-state index in [2.05, 4.69) is 10.3 Å². The normalized spacial score (nSPS) is 15.3. The van der Waals surface area contributed by atoms with Crippen LogP contribution in [0.1, 0.15) is 12.8 Å². The summed E-state index contributed by atoms with van der Waals surface area (Å²) >= 11 is 1.37. The van der Waals surface area contributed by atoms with Gasteiger partial charge in [-0.3, -0.25) is 10.1 Å². The highest BCUT2D eigenvalue weighted by atomic mass is 32.1. The Hall–Kier alpha value is -2.44. The second kappa shape index (κ2) is 5.33. The van der Waals surface area contributed by atoms with Gasteiger partial charge in [-0.05, 0) is 30.5 Å². The molecule has 0 spiro atoms. The fourth-order valence-corrected chi connectivity index (χ4v) is 3.27. The summed E-state index contributed by atoms with van der Waals surface area (Å²) in [5, 5.41) is 13.1. The number of anilines is 1. The highest BCUT2D eigenvalue weighted by Crippen LogP contribution is 2.41. The monoisotopic (exact) mass is 326 g/mol. The van der Waals surface area contributed by atoms with Crippen LogP contribution >= 0.6 is 11.3 Å². The first kappa shape index (κ1) is 14.2. The fourth-order valence-electron chi connectivity index (χ4n) is 2.30. The van der Waals surface area contributed by atoms with Crippen molar-refractivity contribution in [2.24, 2.45) is 0 Å². The number of nitrogens with one attached hydrogen (secondary N) is 1. The number of benzene rings is 1. The van der Waals surface area contributed by atoms with Gasteiger partial charge in [-0.25, -0.2) is 4.98 Å². The third-order valence-electron chi connectivity index (χ3n) is 3.78. The van der Waals surface area contributed by atoms with Gasteiger partial charge in [-0.15, -0.1) is 0 Å². The predicted molar refractivity (Wildman–Crippen MR) is 88.1 cm³/mol. The Morgan fingerprint density at radius 3 is 2.65 bits per heavy atom. The Kier molecular flexibility index (Phi) is 3.28. The molecule has 2 aromatic heterocycles. The number of thiazole rings is 1. The number of aromatic nitrogens is 1. The largest absolute Gasteiger partial charge is 0.463 e. The van der Waals surface area contributed by atoms with Crippen LogP contribution in [-0.2, 0) is 4.79 Å². The highest BCUT2D eigenvalue weighted by Gasteiger charge is 2.48. The zero-order chi connectivity index (χ0) is 15.9. The van der Waals surface area contributed by atoms with Gasteiger partial charge in [0.15, 0.2) is 10.9 Å². The second-order valence-electron chi connectivity index (χ2n) is 5.53. The minimum atomic E-state index is -1.22. The molecule has 1 saturated carbocycles. The number of rotatable bonds is 4. The summed E-state index contributed by atoms with van der Waals surface area (Å²) in [6, 6.07) is 13.5. The molecule has 0 unspecified atom stereocenters. The van der Waals surface area contributed by atoms with Crippen molar-refractivity contribution in [2.75, 3.05) is 5.32 Å². The molecule has 1 aliphatic carbocycles. The number of aliphatic hydroxyl groups is 1. The number of nitrogens with zero attached hydrogens (tertiary/aromatic N) is 1. The van der Waals surface area contributed by atoms with Gasteiger partial charge in [0, 0.05) is 0 Å². The molecule has 0 bridgehead atoms. The van der Waals surface area contributed by atoms with Crippen LogP contribution in [0.25, 0.3) is 21.9 Å². The van der Waals surface area contributed by atoms with Crippen LogP contribution in [0, 0.1) is 0 Å². The Morgan fingerprint density at radius 1 is 1.22 bits per heavy atom. The van der Waals surface area contributed by atoms with Crippen LogP contribution in [0.4, 0.5) is 5.13 Å². The topological polar surface area (TPSA) is 75.4 Å². The molecule has 3 aromatic rings. The van der Waals surface area contributed by atoms with Gasteiger partial charge in [0.1, 0.15) is 11.3 Å². The van der Waals surface area contributed by atoms with E-state index in [-0.39, 0.29) is 0 Å². The zero-order valence-electron chi connectivity index (χ0n) is 12.2. The molecule has 1 fully saturated rings. The van der Waals surface area contributed by atoms with E-state index in [1.807, 2.05) is 36.4 Å². The predicted octanol–water partition coefficient (Wildman–Crippen LogP) is 3.53. The van der Waals surface area contributed by atoms with Crippen molar-refractivity contribution in [3.8, 4) is 21.9 Å². The third-order valence-corrected chi connectivity index (χ3v) is 4.80. The van der Waals surface area contributed by atoms with E-state index < -0.39 is 11.5 Å². The molecule has 116 valence electrons. The number of hydrogen-bond acceptors (Lipinski definition) is 5. The van der Waals surface area contributed by atoms with E-state index in [1.165, 1.54) is 11.3 Å². The molecule has 2 N–H and O–H groups in total. The lowest BCUT2D eigenvalue weighted by atomic mass is 10.1. The molecule has 0 saturated heterocycles. The molecule has 0 aliphatic heterocycles. The maximum atomic E-state index is 12.0. The first-order chi connectivity index (χ1) is 11.2. The Balaban J connectivity index is 1.73. The Bertz CT molecular complexity index is 836. The highest BCUT2D eigenvalue weighted by molar-refractivity contribution is 7.19. The fraction of sp³-hybridized carbons (Fsp3) is 0.176. The number of carbonyl (C=O) groups excluding carboxylic acids is 1. The van der Waals surface area contributed by atoms with Crippen LogP contribution in [0.5, 0.6) is 0 Å². The van der Waals surface area contributed by atoms with Crippen LogP contribution in [-0.4, -0.2) is 21.6 Å². The maximum Gasteiger partial charge on any atom is 0.258 e. The summed E-state index contributed by atoms with van der Waals surface area (Å²) in [6.45, 7) is 0. The van der Waals surface area contributed by atoms with Gasteiger partial charge in [0.05, 0.1) is 11.1 Å². The van der Waals surface area contributed by atoms with E-state index in [4.69, 9.17) is 4.42 Å². The Morgan fingerprint density at radius 2 is 2.00 bits per heavy atom. The van der Waals surface area contributed by atoms with E-state index in [9.17, 15) is 9.90 Å². The van der Waals surface area contributed by atoms with Crippen LogP contribution < -0.4 is 5.32 Å². The van der Waals surface area contributed by atoms with Crippen LogP contribution in [0.3, 0.4) is 0 Å². The van der Waals surface area contributed by atoms with Gasteiger partial charge in [-0.2, -0.15) is 0 Å². The molecule has 6 heteroatoms. The van der Waals surface area contributed by atoms with Gasteiger partial charge in [0.25, 0.3) is 5.91 Å². The standard InChI is InChI=1S/C17H14N2O3S/c20-15(17(21)8-9-17)19-16-18-13(12-7-4-10-22-12)14(23-16)11-5-2-1-3-6-11/h1-7,10,21H,8-9H2,(H,18,19,20). The van der Waals surface area contributed by atoms with Gasteiger partial charge in [0.2, 0.25) is 0 Å². The van der Waals surface area contributed by atoms with Crippen molar-refractivity contribution in [3.63, 3.8) is 0 Å². The van der Waals surface area contributed by atoms with Crippen LogP contribution in [0.15, 0.2) is 53.1 Å². The minimum Gasteiger partial charge on any atom is -0.463 e. The van der Waals surface area contributed by atoms with Gasteiger partial charge >= 0.3 is 0 Å². The number of hydrogen-bond donors (Lipinski definition) is 2. The smallest absolute Gasteiger partial charge is 0.258 e. The molecule has 5 nitrogen and oxygen atoms in total. The van der Waals surface area contributed by atoms with E-state index in [1.54, 1.807) is 12.3 Å². The molecule has 1 amide bonds. The summed E-state index contributed by atoms with van der Waals surface area (Å²) in [4.78, 5) is 17.4. The molecule has 0 radical (unpaired) electrons. The molecule has 2 heterocycles. The molecule has 1 aliphatic rings. The third kappa shape index (κ3) is 2.67. The number of amides is 1. The summed E-state index contributed by atoms with van der Waals surface area (Å²) in [7, 11) is 0. The molecule has 4 rings (SSSR count). The van der Waals surface area contributed by atoms with E-state index >= 15 is 0 Å². The summed E-state index contributed by atoms with van der Waals surface area (Å²) < 4.78 is 5.46. The first-order valence-corrected chi connectivity index (χ1v) is 8.11. The molecule has 23 heavy (non-hydrogen) atoms. The summed E-state index contributed by atoms with van der Waals surface area (Å²) in [5.74, 6) is 0.252. The second-order valence-corrected chi connectivity index (χ2v) is 6.52. The van der Waals surface area contributed by atoms with Gasteiger partial charge < -0.3 is 9.52 Å². The molecular weight excluding hydrogens is 312 g/mol. The average molecular weight is 326 g/mol. The zero-order valence-corrected chi connectivity index (χ0v) is 13.0. The lowest BCUT2D eigenvalue weighted by Gasteiger charge is -2.05. The number of carbonyl (C=O) groups is 1. The van der Waals surface area contributed by atoms with Crippen molar-refractivity contribution in [2.45, 2.75) is 18.4 Å². The maximum absolute atomic E-state index is 12.0. The lowest BCUT2D eigenvalue weighted by Crippen LogP contribution is -2.29. The molecule has 0 atom stereocenters. The van der Waals surface area contributed by atoms with Crippen molar-refractivity contribution >= 4 is 22.4 Å². The van der Waals surface area contributed by atoms with Crippen molar-refractivity contribution < 1.29 is 14.3 Å². The lowest BCUT2D eigenvalue weighted by molar-refractivity contribution is -0.125. The quantitative estimate of drug-likeness (QED) is 0.769. The number of furan rings is 1. The van der Waals surface area contributed by atoms with Crippen molar-refractivity contribution in [3.05, 3.63) is 48.7 Å². The van der Waals surface area contributed by atoms with Crippen molar-refractivity contribution in [1.82, 2.24) is 4.98 Å². The summed E-state index contributed by atoms with van der Waals surface area (Å²) in [5.41, 5.74) is 0.468. The van der Waals surface area contributed by atoms with Gasteiger partial charge in [-0.1, -0.05) is 41.7 Å². The average Bonchev–Trinajstić information content (AvgIpc) is 3.00. The van der Waals surface area contributed by atoms with Crippen molar-refractivity contribution in [1.29, 1.82) is 0 Å². The molecular formula is C17H14N2O3S. The minimum absolute atomic E-state index is 0.392. The van der Waals surface area contributed by atoms with E-state index in [0.29, 0.717) is 29.4 Å². The van der Waals surface area contributed by atoms with E-state index in [0.717, 1.165) is 10.4 Å². The molecule has 1 aromatic carbocycles.